The van der Waals surface area contributed by atoms with Crippen LogP contribution in [0.2, 0.25) is 0 Å². The second-order valence-electron chi connectivity index (χ2n) is 6.32. The topological polar surface area (TPSA) is 40.5 Å². The minimum absolute atomic E-state index is 0.356. The average molecular weight is 237 g/mol. The summed E-state index contributed by atoms with van der Waals surface area (Å²) in [5, 5.41) is 8.72. The van der Waals surface area contributed by atoms with E-state index in [1.807, 2.05) is 0 Å². The van der Waals surface area contributed by atoms with Gasteiger partial charge in [0.2, 0.25) is 0 Å². The lowest BCUT2D eigenvalue weighted by Gasteiger charge is -2.31. The van der Waals surface area contributed by atoms with Gasteiger partial charge in [0.05, 0.1) is 0 Å². The normalized spacial score (nSPS) is 41.2. The van der Waals surface area contributed by atoms with Crippen LogP contribution in [0.3, 0.4) is 0 Å². The summed E-state index contributed by atoms with van der Waals surface area (Å²) in [7, 11) is 0. The second-order valence-corrected chi connectivity index (χ2v) is 6.32. The summed E-state index contributed by atoms with van der Waals surface area (Å²) in [6, 6.07) is 0.851. The molecule has 1 N–H and O–H groups in total. The molecule has 3 aliphatic rings. The Morgan fingerprint density at radius 3 is 2.76 bits per heavy atom. The number of nitrogens with zero attached hydrogens (tertiary/aromatic N) is 1. The maximum Gasteiger partial charge on any atom is 0.303 e. The van der Waals surface area contributed by atoms with Crippen molar-refractivity contribution >= 4 is 5.97 Å². The molecule has 17 heavy (non-hydrogen) atoms. The van der Waals surface area contributed by atoms with Crippen molar-refractivity contribution in [1.82, 2.24) is 4.90 Å². The molecule has 4 unspecified atom stereocenters. The van der Waals surface area contributed by atoms with Gasteiger partial charge in [-0.3, -0.25) is 9.69 Å². The minimum Gasteiger partial charge on any atom is -0.481 e. The SMILES string of the molecule is O=C(O)CCC1CCN(C2CC3CCC2C3)C1. The molecular weight excluding hydrogens is 214 g/mol. The molecule has 0 aromatic rings. The zero-order chi connectivity index (χ0) is 11.8. The third-order valence-electron chi connectivity index (χ3n) is 5.25. The van der Waals surface area contributed by atoms with Gasteiger partial charge in [-0.2, -0.15) is 0 Å². The lowest BCUT2D eigenvalue weighted by atomic mass is 9.94. The maximum absolute atomic E-state index is 10.6. The van der Waals surface area contributed by atoms with Crippen molar-refractivity contribution in [2.45, 2.75) is 51.0 Å². The highest BCUT2D eigenvalue weighted by atomic mass is 16.4. The van der Waals surface area contributed by atoms with Gasteiger partial charge in [-0.1, -0.05) is 6.42 Å². The van der Waals surface area contributed by atoms with Crippen LogP contribution < -0.4 is 0 Å². The largest absolute Gasteiger partial charge is 0.481 e. The Kier molecular flexibility index (Phi) is 3.12. The Labute approximate surface area is 103 Å². The first-order chi connectivity index (χ1) is 8.22. The van der Waals surface area contributed by atoms with Gasteiger partial charge >= 0.3 is 5.97 Å². The molecule has 0 aromatic carbocycles. The summed E-state index contributed by atoms with van der Waals surface area (Å²) in [6.45, 7) is 2.39. The van der Waals surface area contributed by atoms with Crippen molar-refractivity contribution in [3.8, 4) is 0 Å². The Hall–Kier alpha value is -0.570. The van der Waals surface area contributed by atoms with Gasteiger partial charge in [-0.05, 0) is 56.4 Å². The van der Waals surface area contributed by atoms with Crippen LogP contribution in [0.15, 0.2) is 0 Å². The summed E-state index contributed by atoms with van der Waals surface area (Å²) in [5.74, 6) is 2.00. The Morgan fingerprint density at radius 2 is 2.12 bits per heavy atom. The number of aliphatic carboxylic acids is 1. The van der Waals surface area contributed by atoms with Crippen LogP contribution in [0, 0.1) is 17.8 Å². The number of likely N-dealkylation sites (tertiary alicyclic amines) is 1. The van der Waals surface area contributed by atoms with Crippen LogP contribution >= 0.6 is 0 Å². The first-order valence-corrected chi connectivity index (χ1v) is 7.18. The molecule has 0 amide bonds. The Morgan fingerprint density at radius 1 is 1.24 bits per heavy atom. The molecular formula is C14H23NO2. The van der Waals surface area contributed by atoms with Crippen LogP contribution in [-0.2, 0) is 4.79 Å². The first kappa shape index (κ1) is 11.5. The fourth-order valence-corrected chi connectivity index (χ4v) is 4.39. The highest BCUT2D eigenvalue weighted by Crippen LogP contribution is 2.47. The lowest BCUT2D eigenvalue weighted by molar-refractivity contribution is -0.137. The third-order valence-corrected chi connectivity index (χ3v) is 5.25. The summed E-state index contributed by atoms with van der Waals surface area (Å²) in [6.07, 6.45) is 8.28. The number of carboxylic acid groups (broad SMARTS) is 1. The summed E-state index contributed by atoms with van der Waals surface area (Å²) < 4.78 is 0. The van der Waals surface area contributed by atoms with E-state index in [4.69, 9.17) is 5.11 Å². The van der Waals surface area contributed by atoms with E-state index < -0.39 is 5.97 Å². The van der Waals surface area contributed by atoms with E-state index in [9.17, 15) is 4.79 Å². The van der Waals surface area contributed by atoms with E-state index in [1.54, 1.807) is 0 Å². The molecule has 0 aromatic heterocycles. The average Bonchev–Trinajstić information content (AvgIpc) is 3.01. The fraction of sp³-hybridized carbons (Fsp3) is 0.929. The van der Waals surface area contributed by atoms with Gasteiger partial charge < -0.3 is 5.11 Å². The predicted octanol–water partition coefficient (Wildman–Crippen LogP) is 2.36. The van der Waals surface area contributed by atoms with Gasteiger partial charge in [0, 0.05) is 19.0 Å². The van der Waals surface area contributed by atoms with Crippen LogP contribution in [-0.4, -0.2) is 35.1 Å². The molecule has 0 radical (unpaired) electrons. The predicted molar refractivity (Wildman–Crippen MR) is 65.8 cm³/mol. The monoisotopic (exact) mass is 237 g/mol. The van der Waals surface area contributed by atoms with Crippen LogP contribution in [0.5, 0.6) is 0 Å². The quantitative estimate of drug-likeness (QED) is 0.816. The molecule has 1 heterocycles. The van der Waals surface area contributed by atoms with Gasteiger partial charge in [-0.25, -0.2) is 0 Å². The van der Waals surface area contributed by atoms with Crippen LogP contribution in [0.1, 0.15) is 44.9 Å². The molecule has 96 valence electrons. The Balaban J connectivity index is 1.49. The number of carbonyl (C=O) groups is 1. The minimum atomic E-state index is -0.636. The van der Waals surface area contributed by atoms with Crippen molar-refractivity contribution < 1.29 is 9.90 Å². The van der Waals surface area contributed by atoms with E-state index in [2.05, 4.69) is 4.90 Å². The van der Waals surface area contributed by atoms with Crippen molar-refractivity contribution in [2.75, 3.05) is 13.1 Å². The number of fused-ring (bicyclic) bond motifs is 2. The smallest absolute Gasteiger partial charge is 0.303 e. The third kappa shape index (κ3) is 2.35. The summed E-state index contributed by atoms with van der Waals surface area (Å²) in [5.41, 5.74) is 0. The molecule has 3 nitrogen and oxygen atoms in total. The van der Waals surface area contributed by atoms with Crippen molar-refractivity contribution in [3.05, 3.63) is 0 Å². The van der Waals surface area contributed by atoms with Crippen molar-refractivity contribution in [1.29, 1.82) is 0 Å². The van der Waals surface area contributed by atoms with E-state index in [-0.39, 0.29) is 0 Å². The summed E-state index contributed by atoms with van der Waals surface area (Å²) >= 11 is 0. The molecule has 2 aliphatic carbocycles. The summed E-state index contributed by atoms with van der Waals surface area (Å²) in [4.78, 5) is 13.3. The van der Waals surface area contributed by atoms with E-state index in [1.165, 1.54) is 45.2 Å². The van der Waals surface area contributed by atoms with E-state index in [0.717, 1.165) is 24.3 Å². The molecule has 2 bridgehead atoms. The van der Waals surface area contributed by atoms with Crippen molar-refractivity contribution in [3.63, 3.8) is 0 Å². The second kappa shape index (κ2) is 4.60. The number of rotatable bonds is 4. The Bertz CT molecular complexity index is 305. The molecule has 0 spiro atoms. The van der Waals surface area contributed by atoms with Crippen LogP contribution in [0.25, 0.3) is 0 Å². The van der Waals surface area contributed by atoms with Crippen molar-refractivity contribution in [2.24, 2.45) is 17.8 Å². The number of hydrogen-bond donors (Lipinski definition) is 1. The molecule has 1 aliphatic heterocycles. The van der Waals surface area contributed by atoms with E-state index >= 15 is 0 Å². The molecule has 3 heteroatoms. The fourth-order valence-electron chi connectivity index (χ4n) is 4.39. The standard InChI is InChI=1S/C14H23NO2/c16-14(17)4-2-10-5-6-15(9-10)13-8-11-1-3-12(13)7-11/h10-13H,1-9H2,(H,16,17). The van der Waals surface area contributed by atoms with Gasteiger partial charge in [0.25, 0.3) is 0 Å². The zero-order valence-corrected chi connectivity index (χ0v) is 10.5. The molecule has 4 atom stereocenters. The highest BCUT2D eigenvalue weighted by molar-refractivity contribution is 5.66. The number of carboxylic acids is 1. The molecule has 1 saturated heterocycles. The van der Waals surface area contributed by atoms with Gasteiger partial charge in [-0.15, -0.1) is 0 Å². The first-order valence-electron chi connectivity index (χ1n) is 7.18. The maximum atomic E-state index is 10.6. The van der Waals surface area contributed by atoms with Gasteiger partial charge in [0.1, 0.15) is 0 Å². The molecule has 3 rings (SSSR count). The molecule has 2 saturated carbocycles. The lowest BCUT2D eigenvalue weighted by Crippen LogP contribution is -2.37. The van der Waals surface area contributed by atoms with Crippen LogP contribution in [0.4, 0.5) is 0 Å². The zero-order valence-electron chi connectivity index (χ0n) is 10.5. The number of hydrogen-bond acceptors (Lipinski definition) is 2. The van der Waals surface area contributed by atoms with Gasteiger partial charge in [0.15, 0.2) is 0 Å². The highest BCUT2D eigenvalue weighted by Gasteiger charge is 2.43. The molecule has 3 fully saturated rings. The van der Waals surface area contributed by atoms with E-state index in [0.29, 0.717) is 12.3 Å².